The molecule has 11 heteroatoms. The molecular formula is C18H21F3IN5OS. The van der Waals surface area contributed by atoms with Gasteiger partial charge in [0, 0.05) is 25.5 Å². The van der Waals surface area contributed by atoms with Crippen LogP contribution in [0.2, 0.25) is 0 Å². The number of guanidine groups is 1. The normalized spacial score (nSPS) is 14.1. The maximum Gasteiger partial charge on any atom is 0.434 e. The number of amides is 1. The summed E-state index contributed by atoms with van der Waals surface area (Å²) in [7, 11) is 1.53. The average Bonchev–Trinajstić information content (AvgIpc) is 3.17. The Bertz CT molecular complexity index is 871. The highest BCUT2D eigenvalue weighted by Gasteiger charge is 2.33. The molecular weight excluding hydrogens is 518 g/mol. The van der Waals surface area contributed by atoms with Gasteiger partial charge in [0.15, 0.2) is 11.7 Å². The van der Waals surface area contributed by atoms with Crippen molar-refractivity contribution in [3.8, 4) is 0 Å². The largest absolute Gasteiger partial charge is 0.434 e. The SMILES string of the molecule is CN=C(NCC(=O)N1CCc2ccccc2C1)NCc1nc(C(F)(F)F)cs1.I. The minimum atomic E-state index is -4.45. The maximum absolute atomic E-state index is 12.6. The molecule has 2 heterocycles. The first kappa shape index (κ1) is 23.4. The molecule has 3 rings (SSSR count). The van der Waals surface area contributed by atoms with Crippen LogP contribution in [-0.4, -0.2) is 41.9 Å². The number of carbonyl (C=O) groups is 1. The van der Waals surface area contributed by atoms with Gasteiger partial charge in [-0.1, -0.05) is 24.3 Å². The van der Waals surface area contributed by atoms with Gasteiger partial charge in [-0.2, -0.15) is 13.2 Å². The monoisotopic (exact) mass is 539 g/mol. The summed E-state index contributed by atoms with van der Waals surface area (Å²) < 4.78 is 37.8. The van der Waals surface area contributed by atoms with E-state index in [2.05, 4.69) is 26.7 Å². The van der Waals surface area contributed by atoms with Gasteiger partial charge in [0.2, 0.25) is 5.91 Å². The summed E-state index contributed by atoms with van der Waals surface area (Å²) in [6, 6.07) is 8.04. The zero-order chi connectivity index (χ0) is 20.1. The number of fused-ring (bicyclic) bond motifs is 1. The lowest BCUT2D eigenvalue weighted by molar-refractivity contribution is -0.140. The van der Waals surface area contributed by atoms with E-state index in [9.17, 15) is 18.0 Å². The van der Waals surface area contributed by atoms with Crippen LogP contribution in [0.4, 0.5) is 13.2 Å². The van der Waals surface area contributed by atoms with Crippen molar-refractivity contribution in [2.75, 3.05) is 20.1 Å². The van der Waals surface area contributed by atoms with Crippen LogP contribution >= 0.6 is 35.3 Å². The Kier molecular flexibility index (Phi) is 8.25. The van der Waals surface area contributed by atoms with Crippen LogP contribution in [0.1, 0.15) is 21.8 Å². The van der Waals surface area contributed by atoms with Crippen molar-refractivity contribution in [2.45, 2.75) is 25.7 Å². The van der Waals surface area contributed by atoms with Crippen LogP contribution in [0.3, 0.4) is 0 Å². The fourth-order valence-electron chi connectivity index (χ4n) is 2.88. The predicted molar refractivity (Wildman–Crippen MR) is 116 cm³/mol. The van der Waals surface area contributed by atoms with E-state index in [1.807, 2.05) is 18.2 Å². The second-order valence-corrected chi connectivity index (χ2v) is 7.18. The summed E-state index contributed by atoms with van der Waals surface area (Å²) in [5.41, 5.74) is 1.50. The highest BCUT2D eigenvalue weighted by Crippen LogP contribution is 2.29. The van der Waals surface area contributed by atoms with E-state index < -0.39 is 11.9 Å². The Balaban J connectivity index is 0.00000300. The van der Waals surface area contributed by atoms with Crippen LogP contribution in [0.15, 0.2) is 34.6 Å². The van der Waals surface area contributed by atoms with Crippen molar-refractivity contribution in [1.82, 2.24) is 20.5 Å². The molecule has 0 saturated carbocycles. The number of carbonyl (C=O) groups excluding carboxylic acids is 1. The number of nitrogens with zero attached hydrogens (tertiary/aromatic N) is 3. The minimum absolute atomic E-state index is 0. The number of alkyl halides is 3. The van der Waals surface area contributed by atoms with Crippen LogP contribution in [-0.2, 0) is 30.5 Å². The number of thiazole rings is 1. The molecule has 158 valence electrons. The third-order valence-electron chi connectivity index (χ3n) is 4.36. The smallest absolute Gasteiger partial charge is 0.350 e. The summed E-state index contributed by atoms with van der Waals surface area (Å²) >= 11 is 0.918. The third kappa shape index (κ3) is 6.29. The maximum atomic E-state index is 12.6. The molecule has 0 spiro atoms. The number of halogens is 4. The molecule has 0 radical (unpaired) electrons. The number of aliphatic imine (C=N–C) groups is 1. The number of nitrogens with one attached hydrogen (secondary N) is 2. The van der Waals surface area contributed by atoms with Gasteiger partial charge in [-0.15, -0.1) is 35.3 Å². The van der Waals surface area contributed by atoms with E-state index in [4.69, 9.17) is 0 Å². The summed E-state index contributed by atoms with van der Waals surface area (Å²) in [5, 5.41) is 7.04. The van der Waals surface area contributed by atoms with Crippen molar-refractivity contribution in [1.29, 1.82) is 0 Å². The van der Waals surface area contributed by atoms with Crippen LogP contribution < -0.4 is 10.6 Å². The highest BCUT2D eigenvalue weighted by atomic mass is 127. The summed E-state index contributed by atoms with van der Waals surface area (Å²) in [5.74, 6) is 0.264. The van der Waals surface area contributed by atoms with Gasteiger partial charge in [0.25, 0.3) is 0 Å². The van der Waals surface area contributed by atoms with Crippen molar-refractivity contribution in [3.63, 3.8) is 0 Å². The molecule has 2 aromatic rings. The van der Waals surface area contributed by atoms with Gasteiger partial charge < -0.3 is 15.5 Å². The molecule has 29 heavy (non-hydrogen) atoms. The van der Waals surface area contributed by atoms with Crippen molar-refractivity contribution < 1.29 is 18.0 Å². The van der Waals surface area contributed by atoms with E-state index in [-0.39, 0.29) is 48.0 Å². The molecule has 0 atom stereocenters. The van der Waals surface area contributed by atoms with Crippen LogP contribution in [0, 0.1) is 0 Å². The Hall–Kier alpha value is -1.89. The van der Waals surface area contributed by atoms with Crippen LogP contribution in [0.5, 0.6) is 0 Å². The molecule has 0 aliphatic carbocycles. The first-order valence-corrected chi connectivity index (χ1v) is 9.55. The van der Waals surface area contributed by atoms with Crippen molar-refractivity contribution in [2.24, 2.45) is 4.99 Å². The molecule has 0 fully saturated rings. The lowest BCUT2D eigenvalue weighted by Gasteiger charge is -2.29. The summed E-state index contributed by atoms with van der Waals surface area (Å²) in [6.07, 6.45) is -3.63. The molecule has 0 bridgehead atoms. The lowest BCUT2D eigenvalue weighted by Crippen LogP contribution is -2.45. The first-order valence-electron chi connectivity index (χ1n) is 8.67. The Labute approximate surface area is 187 Å². The summed E-state index contributed by atoms with van der Waals surface area (Å²) in [4.78, 5) is 21.8. The number of hydrogen-bond donors (Lipinski definition) is 2. The van der Waals surface area contributed by atoms with E-state index >= 15 is 0 Å². The third-order valence-corrected chi connectivity index (χ3v) is 5.21. The topological polar surface area (TPSA) is 69.6 Å². The molecule has 1 amide bonds. The predicted octanol–water partition coefficient (Wildman–Crippen LogP) is 3.03. The fraction of sp³-hybridized carbons (Fsp3) is 0.389. The number of hydrogen-bond acceptors (Lipinski definition) is 4. The van der Waals surface area contributed by atoms with Gasteiger partial charge in [0.1, 0.15) is 5.01 Å². The average molecular weight is 539 g/mol. The second-order valence-electron chi connectivity index (χ2n) is 6.24. The number of aromatic nitrogens is 1. The van der Waals surface area contributed by atoms with E-state index in [1.165, 1.54) is 12.6 Å². The molecule has 0 saturated heterocycles. The van der Waals surface area contributed by atoms with E-state index in [0.29, 0.717) is 19.0 Å². The molecule has 1 aromatic heterocycles. The first-order chi connectivity index (χ1) is 13.4. The van der Waals surface area contributed by atoms with Gasteiger partial charge in [0.05, 0.1) is 13.1 Å². The summed E-state index contributed by atoms with van der Waals surface area (Å²) in [6.45, 7) is 1.37. The molecule has 1 aliphatic heterocycles. The fourth-order valence-corrected chi connectivity index (χ4v) is 3.62. The van der Waals surface area contributed by atoms with E-state index in [0.717, 1.165) is 28.7 Å². The molecule has 6 nitrogen and oxygen atoms in total. The molecule has 2 N–H and O–H groups in total. The van der Waals surface area contributed by atoms with Gasteiger partial charge in [-0.3, -0.25) is 9.79 Å². The van der Waals surface area contributed by atoms with Gasteiger partial charge in [-0.05, 0) is 17.5 Å². The second kappa shape index (κ2) is 10.2. The van der Waals surface area contributed by atoms with E-state index in [1.54, 1.807) is 4.90 Å². The number of benzene rings is 1. The Morgan fingerprint density at radius 2 is 2.00 bits per heavy atom. The Morgan fingerprint density at radius 1 is 1.28 bits per heavy atom. The Morgan fingerprint density at radius 3 is 2.66 bits per heavy atom. The zero-order valence-electron chi connectivity index (χ0n) is 15.6. The highest BCUT2D eigenvalue weighted by molar-refractivity contribution is 14.0. The van der Waals surface area contributed by atoms with Gasteiger partial charge in [-0.25, -0.2) is 4.98 Å². The van der Waals surface area contributed by atoms with Gasteiger partial charge >= 0.3 is 6.18 Å². The standard InChI is InChI=1S/C18H20F3N5OS.HI/c1-22-17(23-8-15-25-14(11-28-15)18(19,20)21)24-9-16(27)26-7-6-12-4-2-3-5-13(12)10-26;/h2-5,11H,6-10H2,1H3,(H2,22,23,24);1H. The molecule has 1 aromatic carbocycles. The number of rotatable bonds is 4. The van der Waals surface area contributed by atoms with Crippen molar-refractivity contribution in [3.05, 3.63) is 51.5 Å². The molecule has 0 unspecified atom stereocenters. The molecule has 1 aliphatic rings. The van der Waals surface area contributed by atoms with Crippen LogP contribution in [0.25, 0.3) is 0 Å². The quantitative estimate of drug-likeness (QED) is 0.356. The lowest BCUT2D eigenvalue weighted by atomic mass is 10.00. The van der Waals surface area contributed by atoms with Crippen molar-refractivity contribution >= 4 is 47.2 Å². The zero-order valence-corrected chi connectivity index (χ0v) is 18.8. The minimum Gasteiger partial charge on any atom is -0.350 e.